The largest absolute Gasteiger partial charge is 0.444 e. The van der Waals surface area contributed by atoms with Gasteiger partial charge in [0.1, 0.15) is 5.60 Å². The molecule has 1 saturated carbocycles. The lowest BCUT2D eigenvalue weighted by Gasteiger charge is -2.24. The summed E-state index contributed by atoms with van der Waals surface area (Å²) in [6.07, 6.45) is 2.09. The van der Waals surface area contributed by atoms with Crippen LogP contribution in [0.2, 0.25) is 0 Å². The smallest absolute Gasteiger partial charge is 0.407 e. The van der Waals surface area contributed by atoms with Gasteiger partial charge in [-0.2, -0.15) is 0 Å². The predicted octanol–water partition coefficient (Wildman–Crippen LogP) is 3.41. The first-order chi connectivity index (χ1) is 10.2. The Hall–Kier alpha value is -1.14. The number of aromatic nitrogens is 1. The van der Waals surface area contributed by atoms with Gasteiger partial charge in [-0.25, -0.2) is 9.78 Å². The van der Waals surface area contributed by atoms with Crippen molar-refractivity contribution in [1.82, 2.24) is 15.6 Å². The van der Waals surface area contributed by atoms with Crippen molar-refractivity contribution >= 4 is 17.4 Å². The number of carbonyl (C=O) groups is 1. The number of nitrogens with zero attached hydrogens (tertiary/aromatic N) is 1. The van der Waals surface area contributed by atoms with Crippen LogP contribution in [0.5, 0.6) is 0 Å². The fraction of sp³-hybridized carbons (Fsp3) is 0.750. The molecule has 2 rings (SSSR count). The van der Waals surface area contributed by atoms with E-state index in [1.807, 2.05) is 27.7 Å². The van der Waals surface area contributed by atoms with E-state index >= 15 is 0 Å². The molecule has 1 aliphatic carbocycles. The molecule has 0 spiro atoms. The van der Waals surface area contributed by atoms with Crippen molar-refractivity contribution in [2.45, 2.75) is 65.1 Å². The Bertz CT molecular complexity index is 506. The molecule has 124 valence electrons. The topological polar surface area (TPSA) is 63.2 Å². The molecule has 6 heteroatoms. The fourth-order valence-corrected chi connectivity index (χ4v) is 3.06. The Labute approximate surface area is 136 Å². The average molecular weight is 325 g/mol. The third kappa shape index (κ3) is 5.57. The van der Waals surface area contributed by atoms with Gasteiger partial charge < -0.3 is 15.4 Å². The third-order valence-corrected chi connectivity index (χ3v) is 4.39. The van der Waals surface area contributed by atoms with Crippen molar-refractivity contribution in [3.05, 3.63) is 16.1 Å². The summed E-state index contributed by atoms with van der Waals surface area (Å²) in [5.74, 6) is 0.636. The molecular formula is C16H27N3O2S. The number of hydrogen-bond acceptors (Lipinski definition) is 5. The second-order valence-corrected chi connectivity index (χ2v) is 8.07. The van der Waals surface area contributed by atoms with E-state index in [0.29, 0.717) is 12.5 Å². The first-order valence-corrected chi connectivity index (χ1v) is 8.77. The summed E-state index contributed by atoms with van der Waals surface area (Å²) in [4.78, 5) is 16.3. The van der Waals surface area contributed by atoms with E-state index in [4.69, 9.17) is 4.74 Å². The minimum absolute atomic E-state index is 0.191. The van der Waals surface area contributed by atoms with Crippen LogP contribution in [0.1, 0.15) is 57.3 Å². The molecule has 1 aromatic rings. The number of ether oxygens (including phenoxy) is 1. The van der Waals surface area contributed by atoms with Crippen LogP contribution >= 0.6 is 11.3 Å². The van der Waals surface area contributed by atoms with Gasteiger partial charge in [0, 0.05) is 24.0 Å². The number of alkyl carbamates (subject to hydrolysis) is 1. The number of aryl methyl sites for hydroxylation is 1. The van der Waals surface area contributed by atoms with Gasteiger partial charge in [0.25, 0.3) is 0 Å². The lowest BCUT2D eigenvalue weighted by Crippen LogP contribution is -2.44. The number of rotatable bonds is 6. The van der Waals surface area contributed by atoms with E-state index < -0.39 is 5.60 Å². The summed E-state index contributed by atoms with van der Waals surface area (Å²) in [6, 6.07) is 0.459. The maximum absolute atomic E-state index is 11.8. The standard InChI is InChI=1S/C16H27N3O2S/c1-10(14-9-22-11(2)19-14)18-13(12-6-7-12)8-17-15(20)21-16(3,4)5/h9-10,12-13,18H,6-8H2,1-5H3,(H,17,20). The quantitative estimate of drug-likeness (QED) is 0.841. The molecule has 1 aliphatic rings. The summed E-state index contributed by atoms with van der Waals surface area (Å²) in [5.41, 5.74) is 0.614. The molecule has 0 aromatic carbocycles. The van der Waals surface area contributed by atoms with Crippen LogP contribution in [-0.2, 0) is 4.74 Å². The van der Waals surface area contributed by atoms with E-state index in [1.165, 1.54) is 12.8 Å². The zero-order chi connectivity index (χ0) is 16.3. The van der Waals surface area contributed by atoms with Crippen molar-refractivity contribution < 1.29 is 9.53 Å². The molecule has 1 fully saturated rings. The molecule has 0 saturated heterocycles. The van der Waals surface area contributed by atoms with Gasteiger partial charge in [-0.05, 0) is 53.4 Å². The van der Waals surface area contributed by atoms with Gasteiger partial charge in [-0.3, -0.25) is 0 Å². The summed E-state index contributed by atoms with van der Waals surface area (Å²) in [5, 5.41) is 9.66. The number of carbonyl (C=O) groups excluding carboxylic acids is 1. The fourth-order valence-electron chi connectivity index (χ4n) is 2.35. The highest BCUT2D eigenvalue weighted by molar-refractivity contribution is 7.09. The number of hydrogen-bond donors (Lipinski definition) is 2. The molecule has 1 aromatic heterocycles. The van der Waals surface area contributed by atoms with Crippen molar-refractivity contribution in [3.8, 4) is 0 Å². The van der Waals surface area contributed by atoms with Gasteiger partial charge in [0.2, 0.25) is 0 Å². The molecule has 0 bridgehead atoms. The van der Waals surface area contributed by atoms with Gasteiger partial charge in [0.15, 0.2) is 0 Å². The van der Waals surface area contributed by atoms with Crippen LogP contribution in [0.3, 0.4) is 0 Å². The van der Waals surface area contributed by atoms with E-state index in [1.54, 1.807) is 11.3 Å². The zero-order valence-corrected chi connectivity index (χ0v) is 14.9. The van der Waals surface area contributed by atoms with E-state index in [-0.39, 0.29) is 18.2 Å². The van der Waals surface area contributed by atoms with Gasteiger partial charge in [-0.1, -0.05) is 0 Å². The Balaban J connectivity index is 1.84. The minimum Gasteiger partial charge on any atom is -0.444 e. The Morgan fingerprint density at radius 1 is 1.50 bits per heavy atom. The minimum atomic E-state index is -0.460. The average Bonchev–Trinajstić information content (AvgIpc) is 3.14. The highest BCUT2D eigenvalue weighted by Gasteiger charge is 2.33. The first-order valence-electron chi connectivity index (χ1n) is 7.89. The van der Waals surface area contributed by atoms with Crippen LogP contribution in [0.4, 0.5) is 4.79 Å². The molecule has 1 amide bonds. The Kier molecular flexibility index (Phi) is 5.45. The van der Waals surface area contributed by atoms with Crippen LogP contribution in [-0.4, -0.2) is 29.3 Å². The monoisotopic (exact) mass is 325 g/mol. The number of thiazole rings is 1. The molecule has 5 nitrogen and oxygen atoms in total. The molecule has 0 radical (unpaired) electrons. The van der Waals surface area contributed by atoms with Crippen LogP contribution in [0.25, 0.3) is 0 Å². The number of nitrogens with one attached hydrogen (secondary N) is 2. The van der Waals surface area contributed by atoms with E-state index in [0.717, 1.165) is 10.7 Å². The second-order valence-electron chi connectivity index (χ2n) is 7.01. The van der Waals surface area contributed by atoms with Crippen molar-refractivity contribution in [2.75, 3.05) is 6.54 Å². The maximum atomic E-state index is 11.8. The summed E-state index contributed by atoms with van der Waals surface area (Å²) < 4.78 is 5.29. The zero-order valence-electron chi connectivity index (χ0n) is 14.1. The van der Waals surface area contributed by atoms with Gasteiger partial charge in [0.05, 0.1) is 10.7 Å². The summed E-state index contributed by atoms with van der Waals surface area (Å²) >= 11 is 1.67. The normalized spacial score (nSPS) is 17.9. The maximum Gasteiger partial charge on any atom is 0.407 e. The Morgan fingerprint density at radius 2 is 2.18 bits per heavy atom. The highest BCUT2D eigenvalue weighted by atomic mass is 32.1. The van der Waals surface area contributed by atoms with Crippen LogP contribution < -0.4 is 10.6 Å². The summed E-state index contributed by atoms with van der Waals surface area (Å²) in [6.45, 7) is 10.3. The third-order valence-electron chi connectivity index (χ3n) is 3.60. The summed E-state index contributed by atoms with van der Waals surface area (Å²) in [7, 11) is 0. The lowest BCUT2D eigenvalue weighted by atomic mass is 10.1. The van der Waals surface area contributed by atoms with E-state index in [2.05, 4.69) is 27.9 Å². The molecule has 2 N–H and O–H groups in total. The highest BCUT2D eigenvalue weighted by Crippen LogP contribution is 2.33. The molecular weight excluding hydrogens is 298 g/mol. The molecule has 1 heterocycles. The van der Waals surface area contributed by atoms with Crippen molar-refractivity contribution in [1.29, 1.82) is 0 Å². The predicted molar refractivity (Wildman–Crippen MR) is 89.2 cm³/mol. The lowest BCUT2D eigenvalue weighted by molar-refractivity contribution is 0.0520. The van der Waals surface area contributed by atoms with Crippen LogP contribution in [0.15, 0.2) is 5.38 Å². The Morgan fingerprint density at radius 3 is 2.68 bits per heavy atom. The van der Waals surface area contributed by atoms with Gasteiger partial charge >= 0.3 is 6.09 Å². The van der Waals surface area contributed by atoms with Crippen molar-refractivity contribution in [2.24, 2.45) is 5.92 Å². The molecule has 22 heavy (non-hydrogen) atoms. The first kappa shape index (κ1) is 17.2. The molecule has 2 atom stereocenters. The number of amides is 1. The molecule has 0 aliphatic heterocycles. The molecule has 2 unspecified atom stereocenters. The van der Waals surface area contributed by atoms with E-state index in [9.17, 15) is 4.79 Å². The SMILES string of the molecule is Cc1nc(C(C)NC(CNC(=O)OC(C)(C)C)C2CC2)cs1. The van der Waals surface area contributed by atoms with Crippen LogP contribution in [0, 0.1) is 12.8 Å². The second kappa shape index (κ2) is 6.96. The van der Waals surface area contributed by atoms with Gasteiger partial charge in [-0.15, -0.1) is 11.3 Å². The van der Waals surface area contributed by atoms with Crippen molar-refractivity contribution in [3.63, 3.8) is 0 Å².